The van der Waals surface area contributed by atoms with Gasteiger partial charge in [-0.25, -0.2) is 4.79 Å². The van der Waals surface area contributed by atoms with Crippen LogP contribution in [0.5, 0.6) is 11.6 Å². The van der Waals surface area contributed by atoms with Crippen LogP contribution in [0.1, 0.15) is 11.3 Å². The van der Waals surface area contributed by atoms with Crippen LogP contribution < -0.4 is 11.0 Å². The zero-order valence-electron chi connectivity index (χ0n) is 14.6. The molecule has 1 aromatic heterocycles. The number of nitrogens with one attached hydrogen (secondary N) is 2. The van der Waals surface area contributed by atoms with Gasteiger partial charge in [0.1, 0.15) is 18.0 Å². The van der Waals surface area contributed by atoms with Crippen molar-refractivity contribution < 1.29 is 15.0 Å². The van der Waals surface area contributed by atoms with Crippen molar-refractivity contribution in [1.82, 2.24) is 9.55 Å². The first-order chi connectivity index (χ1) is 13.5. The van der Waals surface area contributed by atoms with Gasteiger partial charge >= 0.3 is 5.69 Å². The number of aromatic hydroxyl groups is 2. The average molecular weight is 376 g/mol. The molecule has 4 rings (SSSR count). The third-order valence-electron chi connectivity index (χ3n) is 4.29. The Kier molecular flexibility index (Phi) is 4.29. The van der Waals surface area contributed by atoms with Gasteiger partial charge in [-0.2, -0.15) is 0 Å². The first-order valence-electron chi connectivity index (χ1n) is 8.47. The minimum absolute atomic E-state index is 0.0761. The Bertz CT molecular complexity index is 1170. The van der Waals surface area contributed by atoms with E-state index in [1.807, 2.05) is 24.3 Å². The molecule has 2 aromatic carbocycles. The second-order valence-electron chi connectivity index (χ2n) is 6.22. The van der Waals surface area contributed by atoms with Crippen molar-refractivity contribution in [3.63, 3.8) is 0 Å². The van der Waals surface area contributed by atoms with Crippen LogP contribution in [0.15, 0.2) is 58.3 Å². The summed E-state index contributed by atoms with van der Waals surface area (Å²) in [4.78, 5) is 31.2. The van der Waals surface area contributed by atoms with Crippen LogP contribution in [0.4, 0.5) is 11.4 Å². The van der Waals surface area contributed by atoms with E-state index in [-0.39, 0.29) is 23.9 Å². The van der Waals surface area contributed by atoms with E-state index >= 15 is 0 Å². The van der Waals surface area contributed by atoms with Gasteiger partial charge in [0.25, 0.3) is 0 Å². The molecule has 3 aromatic rings. The predicted octanol–water partition coefficient (Wildman–Crippen LogP) is 2.48. The number of imidazole rings is 1. The molecule has 0 spiro atoms. The lowest BCUT2D eigenvalue weighted by Crippen LogP contribution is -2.25. The number of hydrogen-bond acceptors (Lipinski definition) is 5. The molecule has 0 unspecified atom stereocenters. The van der Waals surface area contributed by atoms with Crippen molar-refractivity contribution >= 4 is 35.1 Å². The zero-order chi connectivity index (χ0) is 19.7. The van der Waals surface area contributed by atoms with Crippen LogP contribution in [0.2, 0.25) is 0 Å². The molecule has 0 radical (unpaired) electrons. The number of rotatable bonds is 4. The molecule has 0 aliphatic carbocycles. The van der Waals surface area contributed by atoms with Gasteiger partial charge in [0, 0.05) is 23.0 Å². The summed E-state index contributed by atoms with van der Waals surface area (Å²) in [5, 5.41) is 22.3. The number of carbonyl (C=O) groups is 1. The molecule has 1 amide bonds. The van der Waals surface area contributed by atoms with E-state index in [1.54, 1.807) is 12.3 Å². The fourth-order valence-electron chi connectivity index (χ4n) is 2.93. The molecule has 1 aliphatic rings. The van der Waals surface area contributed by atoms with E-state index in [9.17, 15) is 19.8 Å². The van der Waals surface area contributed by atoms with Gasteiger partial charge in [0.2, 0.25) is 11.8 Å². The number of carbonyl (C=O) groups excluding carboxylic acids is 1. The molecule has 4 N–H and O–H groups in total. The lowest BCUT2D eigenvalue weighted by atomic mass is 10.1. The number of aliphatic imine (C=N–C) groups is 1. The van der Waals surface area contributed by atoms with Crippen molar-refractivity contribution in [2.45, 2.75) is 6.54 Å². The van der Waals surface area contributed by atoms with Crippen LogP contribution in [0.25, 0.3) is 11.6 Å². The van der Waals surface area contributed by atoms with Gasteiger partial charge in [0.15, 0.2) is 0 Å². The summed E-state index contributed by atoms with van der Waals surface area (Å²) in [5.74, 6) is -0.752. The highest BCUT2D eigenvalue weighted by Gasteiger charge is 2.17. The van der Waals surface area contributed by atoms with Crippen molar-refractivity contribution in [2.75, 3.05) is 5.32 Å². The van der Waals surface area contributed by atoms with Gasteiger partial charge < -0.3 is 20.5 Å². The molecule has 0 fully saturated rings. The fraction of sp³-hybridized carbons (Fsp3) is 0.0500. The Balaban J connectivity index is 1.56. The van der Waals surface area contributed by atoms with Gasteiger partial charge in [0.05, 0.1) is 5.69 Å². The first-order valence-corrected chi connectivity index (χ1v) is 8.47. The second kappa shape index (κ2) is 6.92. The van der Waals surface area contributed by atoms with Crippen LogP contribution in [-0.2, 0) is 11.3 Å². The number of phenols is 1. The Morgan fingerprint density at radius 1 is 1.14 bits per heavy atom. The molecule has 0 saturated heterocycles. The largest absolute Gasteiger partial charge is 0.508 e. The summed E-state index contributed by atoms with van der Waals surface area (Å²) in [6, 6.07) is 13.4. The molecule has 140 valence electrons. The van der Waals surface area contributed by atoms with Crippen LogP contribution in [-0.4, -0.2) is 31.9 Å². The molecule has 8 heteroatoms. The number of amides is 1. The van der Waals surface area contributed by atoms with Crippen LogP contribution in [0, 0.1) is 0 Å². The van der Waals surface area contributed by atoms with E-state index in [0.29, 0.717) is 5.69 Å². The third-order valence-corrected chi connectivity index (χ3v) is 4.29. The molecule has 0 saturated carbocycles. The summed E-state index contributed by atoms with van der Waals surface area (Å²) in [6.07, 6.45) is 3.26. The predicted molar refractivity (Wildman–Crippen MR) is 106 cm³/mol. The number of hydrogen-bond donors (Lipinski definition) is 4. The third kappa shape index (κ3) is 3.30. The molecular weight excluding hydrogens is 360 g/mol. The minimum Gasteiger partial charge on any atom is -0.508 e. The molecule has 0 bridgehead atoms. The Labute approximate surface area is 159 Å². The topological polar surface area (TPSA) is 120 Å². The number of aromatic amines is 1. The highest BCUT2D eigenvalue weighted by atomic mass is 16.3. The maximum atomic E-state index is 12.2. The number of aromatic nitrogens is 2. The molecule has 8 nitrogen and oxygen atoms in total. The molecule has 1 aliphatic heterocycles. The number of phenolic OH excluding ortho intramolecular Hbond substituents is 1. The minimum atomic E-state index is -0.603. The second-order valence-corrected chi connectivity index (χ2v) is 6.22. The number of anilines is 1. The summed E-state index contributed by atoms with van der Waals surface area (Å²) < 4.78 is 0.945. The van der Waals surface area contributed by atoms with Gasteiger partial charge in [-0.15, -0.1) is 0 Å². The highest BCUT2D eigenvalue weighted by Crippen LogP contribution is 2.32. The summed E-state index contributed by atoms with van der Waals surface area (Å²) in [6.45, 7) is -0.365. The van der Waals surface area contributed by atoms with Gasteiger partial charge in [-0.3, -0.25) is 14.4 Å². The Morgan fingerprint density at radius 2 is 1.89 bits per heavy atom. The van der Waals surface area contributed by atoms with Crippen molar-refractivity contribution in [2.24, 2.45) is 4.99 Å². The van der Waals surface area contributed by atoms with Crippen LogP contribution in [0.3, 0.4) is 0 Å². The van der Waals surface area contributed by atoms with Crippen LogP contribution >= 0.6 is 0 Å². The van der Waals surface area contributed by atoms with E-state index in [1.165, 1.54) is 24.3 Å². The average Bonchev–Trinajstić information content (AvgIpc) is 3.20. The van der Waals surface area contributed by atoms with E-state index in [0.717, 1.165) is 21.4 Å². The SMILES string of the molecule is O=C(Cn1c(O)c(/C=C2\C=Nc3ccccc32)[nH]c1=O)Nc1ccc(O)cc1. The Hall–Kier alpha value is -4.07. The molecule has 28 heavy (non-hydrogen) atoms. The monoisotopic (exact) mass is 376 g/mol. The highest BCUT2D eigenvalue weighted by molar-refractivity contribution is 6.21. The Morgan fingerprint density at radius 3 is 2.68 bits per heavy atom. The number of para-hydroxylation sites is 1. The number of benzene rings is 2. The van der Waals surface area contributed by atoms with Gasteiger partial charge in [-0.05, 0) is 36.4 Å². The maximum absolute atomic E-state index is 12.2. The lowest BCUT2D eigenvalue weighted by Gasteiger charge is -2.06. The van der Waals surface area contributed by atoms with E-state index < -0.39 is 11.6 Å². The normalized spacial score (nSPS) is 13.6. The fourth-order valence-corrected chi connectivity index (χ4v) is 2.93. The zero-order valence-corrected chi connectivity index (χ0v) is 14.6. The smallest absolute Gasteiger partial charge is 0.329 e. The van der Waals surface area contributed by atoms with E-state index in [4.69, 9.17) is 0 Å². The summed E-state index contributed by atoms with van der Waals surface area (Å²) in [5.41, 5.74) is 2.50. The standard InChI is InChI=1S/C20H16N4O4/c25-14-7-5-13(6-8-14)22-18(26)11-24-19(27)17(23-20(24)28)9-12-10-21-16-4-2-1-3-15(12)16/h1-10,25,27H,11H2,(H,22,26)(H,23,28)/b12-9+. The van der Waals surface area contributed by atoms with Crippen molar-refractivity contribution in [3.8, 4) is 11.6 Å². The van der Waals surface area contributed by atoms with Crippen molar-refractivity contribution in [1.29, 1.82) is 0 Å². The van der Waals surface area contributed by atoms with Crippen molar-refractivity contribution in [3.05, 3.63) is 70.3 Å². The molecular formula is C20H16N4O4. The molecule has 2 heterocycles. The quantitative estimate of drug-likeness (QED) is 0.523. The number of H-pyrrole nitrogens is 1. The van der Waals surface area contributed by atoms with Gasteiger partial charge in [-0.1, -0.05) is 18.2 Å². The number of nitrogens with zero attached hydrogens (tertiary/aromatic N) is 2. The number of fused-ring (bicyclic) bond motifs is 1. The molecule has 0 atom stereocenters. The van der Waals surface area contributed by atoms with E-state index in [2.05, 4.69) is 15.3 Å². The number of allylic oxidation sites excluding steroid dienone is 1. The first kappa shape index (κ1) is 17.3. The summed E-state index contributed by atoms with van der Waals surface area (Å²) in [7, 11) is 0. The maximum Gasteiger partial charge on any atom is 0.329 e. The lowest BCUT2D eigenvalue weighted by molar-refractivity contribution is -0.116. The summed E-state index contributed by atoms with van der Waals surface area (Å²) >= 11 is 0.